The molecule has 1 aromatic rings. The molecule has 0 bridgehead atoms. The first-order valence-corrected chi connectivity index (χ1v) is 6.52. The molecule has 1 fully saturated rings. The van der Waals surface area contributed by atoms with Crippen LogP contribution in [0.5, 0.6) is 11.5 Å². The highest BCUT2D eigenvalue weighted by atomic mass is 16.5. The van der Waals surface area contributed by atoms with E-state index in [0.717, 1.165) is 19.5 Å². The van der Waals surface area contributed by atoms with E-state index in [1.165, 1.54) is 7.11 Å². The number of aliphatic carboxylic acids is 1. The second kappa shape index (κ2) is 6.11. The summed E-state index contributed by atoms with van der Waals surface area (Å²) in [6.07, 6.45) is 1.10. The molecule has 110 valence electrons. The average molecular weight is 280 g/mol. The van der Waals surface area contributed by atoms with Gasteiger partial charge in [0.15, 0.2) is 11.5 Å². The van der Waals surface area contributed by atoms with Crippen LogP contribution in [0.1, 0.15) is 18.0 Å². The molecule has 6 heteroatoms. The Hall–Kier alpha value is -1.79. The zero-order valence-electron chi connectivity index (χ0n) is 11.7. The van der Waals surface area contributed by atoms with Gasteiger partial charge in [0.25, 0.3) is 0 Å². The summed E-state index contributed by atoms with van der Waals surface area (Å²) in [4.78, 5) is 13.1. The van der Waals surface area contributed by atoms with Crippen LogP contribution in [0.25, 0.3) is 0 Å². The van der Waals surface area contributed by atoms with E-state index in [4.69, 9.17) is 20.3 Å². The molecule has 2 rings (SSSR count). The van der Waals surface area contributed by atoms with E-state index in [9.17, 15) is 4.79 Å². The van der Waals surface area contributed by atoms with Crippen LogP contribution in [-0.2, 0) is 4.79 Å². The number of carboxylic acid groups (broad SMARTS) is 1. The molecule has 0 amide bonds. The third kappa shape index (κ3) is 3.20. The van der Waals surface area contributed by atoms with Crippen molar-refractivity contribution in [1.82, 2.24) is 4.90 Å². The summed E-state index contributed by atoms with van der Waals surface area (Å²) in [5, 5.41) is 8.92. The first-order valence-electron chi connectivity index (χ1n) is 6.52. The molecule has 0 aromatic heterocycles. The summed E-state index contributed by atoms with van der Waals surface area (Å²) in [5.74, 6) is 0.0565. The Labute approximate surface area is 118 Å². The number of ether oxygens (including phenoxy) is 2. The van der Waals surface area contributed by atoms with Gasteiger partial charge in [-0.25, -0.2) is 0 Å². The van der Waals surface area contributed by atoms with Gasteiger partial charge in [-0.15, -0.1) is 0 Å². The van der Waals surface area contributed by atoms with Gasteiger partial charge in [0.1, 0.15) is 12.1 Å². The van der Waals surface area contributed by atoms with E-state index < -0.39 is 12.0 Å². The molecule has 2 atom stereocenters. The van der Waals surface area contributed by atoms with Crippen molar-refractivity contribution >= 4 is 5.97 Å². The zero-order valence-corrected chi connectivity index (χ0v) is 11.7. The van der Waals surface area contributed by atoms with Crippen LogP contribution in [-0.4, -0.2) is 49.3 Å². The molecule has 1 aliphatic heterocycles. The molecule has 0 aliphatic carbocycles. The lowest BCUT2D eigenvalue weighted by atomic mass is 10.1. The fraction of sp³-hybridized carbons (Fsp3) is 0.500. The number of methoxy groups -OCH3 is 1. The number of hydrogen-bond acceptors (Lipinski definition) is 5. The molecule has 3 N–H and O–H groups in total. The number of rotatable bonds is 5. The molecule has 6 nitrogen and oxygen atoms in total. The van der Waals surface area contributed by atoms with Crippen LogP contribution < -0.4 is 15.2 Å². The molecule has 2 unspecified atom stereocenters. The minimum absolute atomic E-state index is 0.132. The van der Waals surface area contributed by atoms with Gasteiger partial charge in [-0.3, -0.25) is 4.79 Å². The number of hydrogen-bond donors (Lipinski definition) is 2. The number of benzene rings is 1. The van der Waals surface area contributed by atoms with E-state index in [0.29, 0.717) is 17.1 Å². The Kier molecular flexibility index (Phi) is 4.46. The minimum atomic E-state index is -1.07. The molecule has 1 aliphatic rings. The number of likely N-dealkylation sites (tertiary alicyclic amines) is 1. The Morgan fingerprint density at radius 1 is 1.50 bits per heavy atom. The van der Waals surface area contributed by atoms with E-state index in [-0.39, 0.29) is 6.10 Å². The van der Waals surface area contributed by atoms with Crippen molar-refractivity contribution in [2.75, 3.05) is 27.2 Å². The Morgan fingerprint density at radius 3 is 2.80 bits per heavy atom. The fourth-order valence-corrected chi connectivity index (χ4v) is 2.29. The van der Waals surface area contributed by atoms with Crippen molar-refractivity contribution in [3.05, 3.63) is 23.8 Å². The van der Waals surface area contributed by atoms with E-state index in [1.54, 1.807) is 18.2 Å². The highest BCUT2D eigenvalue weighted by molar-refractivity contribution is 5.75. The maximum Gasteiger partial charge on any atom is 0.325 e. The van der Waals surface area contributed by atoms with Crippen LogP contribution in [0.3, 0.4) is 0 Å². The van der Waals surface area contributed by atoms with Crippen molar-refractivity contribution in [1.29, 1.82) is 0 Å². The molecule has 0 radical (unpaired) electrons. The van der Waals surface area contributed by atoms with Crippen molar-refractivity contribution in [2.24, 2.45) is 5.73 Å². The summed E-state index contributed by atoms with van der Waals surface area (Å²) >= 11 is 0. The predicted octanol–water partition coefficient (Wildman–Crippen LogP) is 0.862. The van der Waals surface area contributed by atoms with Gasteiger partial charge in [-0.05, 0) is 31.2 Å². The Morgan fingerprint density at radius 2 is 2.25 bits per heavy atom. The lowest BCUT2D eigenvalue weighted by molar-refractivity contribution is -0.138. The number of nitrogens with two attached hydrogens (primary N) is 1. The lowest BCUT2D eigenvalue weighted by Crippen LogP contribution is -2.22. The molecule has 0 saturated carbocycles. The van der Waals surface area contributed by atoms with Crippen LogP contribution in [0.4, 0.5) is 0 Å². The van der Waals surface area contributed by atoms with Crippen molar-refractivity contribution < 1.29 is 19.4 Å². The summed E-state index contributed by atoms with van der Waals surface area (Å²) in [6, 6.07) is 3.94. The topological polar surface area (TPSA) is 85.0 Å². The number of carbonyl (C=O) groups is 1. The Balaban J connectivity index is 2.15. The molecular formula is C14H20N2O4. The third-order valence-corrected chi connectivity index (χ3v) is 3.45. The van der Waals surface area contributed by atoms with Crippen molar-refractivity contribution in [2.45, 2.75) is 18.6 Å². The molecule has 0 spiro atoms. The van der Waals surface area contributed by atoms with Crippen molar-refractivity contribution in [3.63, 3.8) is 0 Å². The van der Waals surface area contributed by atoms with Crippen LogP contribution in [0.2, 0.25) is 0 Å². The van der Waals surface area contributed by atoms with Gasteiger partial charge in [0.2, 0.25) is 0 Å². The predicted molar refractivity (Wildman–Crippen MR) is 74.1 cm³/mol. The maximum absolute atomic E-state index is 10.9. The van der Waals surface area contributed by atoms with Crippen LogP contribution in [0, 0.1) is 0 Å². The second-order valence-corrected chi connectivity index (χ2v) is 5.02. The van der Waals surface area contributed by atoms with Crippen molar-refractivity contribution in [3.8, 4) is 11.5 Å². The van der Waals surface area contributed by atoms with Gasteiger partial charge in [0.05, 0.1) is 7.11 Å². The largest absolute Gasteiger partial charge is 0.493 e. The molecular weight excluding hydrogens is 260 g/mol. The van der Waals surface area contributed by atoms with E-state index in [2.05, 4.69) is 11.9 Å². The van der Waals surface area contributed by atoms with E-state index in [1.807, 2.05) is 0 Å². The van der Waals surface area contributed by atoms with Gasteiger partial charge < -0.3 is 25.2 Å². The van der Waals surface area contributed by atoms with E-state index >= 15 is 0 Å². The van der Waals surface area contributed by atoms with Crippen LogP contribution >= 0.6 is 0 Å². The smallest absolute Gasteiger partial charge is 0.325 e. The first-order chi connectivity index (χ1) is 9.51. The molecule has 1 saturated heterocycles. The summed E-state index contributed by atoms with van der Waals surface area (Å²) in [6.45, 7) is 1.88. The van der Waals surface area contributed by atoms with Gasteiger partial charge in [-0.1, -0.05) is 6.07 Å². The summed E-state index contributed by atoms with van der Waals surface area (Å²) in [5.41, 5.74) is 6.08. The third-order valence-electron chi connectivity index (χ3n) is 3.45. The summed E-state index contributed by atoms with van der Waals surface area (Å²) in [7, 11) is 3.58. The number of carboxylic acids is 1. The van der Waals surface area contributed by atoms with Gasteiger partial charge >= 0.3 is 5.97 Å². The number of likely N-dealkylation sites (N-methyl/N-ethyl adjacent to an activating group) is 1. The van der Waals surface area contributed by atoms with Crippen LogP contribution in [0.15, 0.2) is 18.2 Å². The molecule has 20 heavy (non-hydrogen) atoms. The Bertz CT molecular complexity index is 492. The molecule has 1 aromatic carbocycles. The normalized spacial score (nSPS) is 20.6. The van der Waals surface area contributed by atoms with Gasteiger partial charge in [0, 0.05) is 13.1 Å². The average Bonchev–Trinajstić information content (AvgIpc) is 2.83. The SMILES string of the molecule is COc1cc(C(N)C(=O)O)ccc1OC1CCN(C)C1. The fourth-order valence-electron chi connectivity index (χ4n) is 2.29. The standard InChI is InChI=1S/C14H20N2O4/c1-16-6-5-10(8-16)20-11-4-3-9(7-12(11)19-2)13(15)14(17)18/h3-4,7,10,13H,5-6,8,15H2,1-2H3,(H,17,18). The van der Waals surface area contributed by atoms with Gasteiger partial charge in [-0.2, -0.15) is 0 Å². The molecule has 1 heterocycles. The zero-order chi connectivity index (χ0) is 14.7. The quantitative estimate of drug-likeness (QED) is 0.832. The monoisotopic (exact) mass is 280 g/mol. The highest BCUT2D eigenvalue weighted by Crippen LogP contribution is 2.31. The lowest BCUT2D eigenvalue weighted by Gasteiger charge is -2.17. The first kappa shape index (κ1) is 14.6. The minimum Gasteiger partial charge on any atom is -0.493 e. The second-order valence-electron chi connectivity index (χ2n) is 5.02. The number of nitrogens with zero attached hydrogens (tertiary/aromatic N) is 1. The maximum atomic E-state index is 10.9. The summed E-state index contributed by atoms with van der Waals surface area (Å²) < 4.78 is 11.2. The highest BCUT2D eigenvalue weighted by Gasteiger charge is 2.23.